The maximum absolute atomic E-state index is 12.9. The van der Waals surface area contributed by atoms with Crippen molar-refractivity contribution in [2.75, 3.05) is 19.3 Å². The number of halogens is 2. The van der Waals surface area contributed by atoms with Crippen LogP contribution in [0.3, 0.4) is 0 Å². The van der Waals surface area contributed by atoms with Gasteiger partial charge in [0, 0.05) is 19.3 Å². The Hall–Kier alpha value is -1.65. The van der Waals surface area contributed by atoms with Crippen LogP contribution in [0.25, 0.3) is 0 Å². The lowest BCUT2D eigenvalue weighted by Crippen LogP contribution is -2.46. The van der Waals surface area contributed by atoms with E-state index < -0.39 is 25.8 Å². The average molecular weight is 533 g/mol. The van der Waals surface area contributed by atoms with Crippen molar-refractivity contribution in [2.45, 2.75) is 36.5 Å². The van der Waals surface area contributed by atoms with Gasteiger partial charge in [-0.05, 0) is 55.2 Å². The standard InChI is InChI=1S/C22H26Cl2N2O5S2/c1-15(17-6-8-19(9-7-17)32(2,28)29)25-22(27)18-4-3-11-26(13-18)33(30,31)14-16-5-10-20(23)21(24)12-16/h5-10,12,15,18H,3-4,11,13-14H2,1-2H3,(H,25,27)/t15-,18+/m0/s1. The number of carbonyl (C=O) groups is 1. The molecule has 1 aliphatic rings. The van der Waals surface area contributed by atoms with E-state index in [1.54, 1.807) is 31.2 Å². The lowest BCUT2D eigenvalue weighted by atomic mass is 9.98. The third-order valence-electron chi connectivity index (χ3n) is 5.65. The first kappa shape index (κ1) is 26.0. The molecule has 2 aromatic carbocycles. The van der Waals surface area contributed by atoms with Gasteiger partial charge in [0.05, 0.1) is 32.7 Å². The van der Waals surface area contributed by atoms with Crippen molar-refractivity contribution in [1.29, 1.82) is 0 Å². The first-order chi connectivity index (χ1) is 15.4. The number of hydrogen-bond donors (Lipinski definition) is 1. The van der Waals surface area contributed by atoms with Gasteiger partial charge in [-0.3, -0.25) is 4.79 Å². The predicted molar refractivity (Wildman–Crippen MR) is 129 cm³/mol. The summed E-state index contributed by atoms with van der Waals surface area (Å²) in [5, 5.41) is 3.56. The number of nitrogens with zero attached hydrogens (tertiary/aromatic N) is 1. The fourth-order valence-electron chi connectivity index (χ4n) is 3.76. The number of nitrogens with one attached hydrogen (secondary N) is 1. The van der Waals surface area contributed by atoms with Gasteiger partial charge in [0.1, 0.15) is 0 Å². The molecule has 2 atom stereocenters. The van der Waals surface area contributed by atoms with Crippen LogP contribution in [0.15, 0.2) is 47.4 Å². The van der Waals surface area contributed by atoms with Crippen LogP contribution in [0.5, 0.6) is 0 Å². The van der Waals surface area contributed by atoms with Crippen LogP contribution in [0.2, 0.25) is 10.0 Å². The molecule has 1 aliphatic heterocycles. The minimum absolute atomic E-state index is 0.106. The number of carbonyl (C=O) groups excluding carboxylic acids is 1. The Kier molecular flexibility index (Phi) is 8.11. The highest BCUT2D eigenvalue weighted by Crippen LogP contribution is 2.26. The third kappa shape index (κ3) is 6.70. The zero-order valence-electron chi connectivity index (χ0n) is 18.3. The number of sulfonamides is 1. The largest absolute Gasteiger partial charge is 0.349 e. The molecule has 0 spiro atoms. The summed E-state index contributed by atoms with van der Waals surface area (Å²) in [5.74, 6) is -0.925. The zero-order chi connectivity index (χ0) is 24.4. The fraction of sp³-hybridized carbons (Fsp3) is 0.409. The van der Waals surface area contributed by atoms with E-state index in [-0.39, 0.29) is 29.1 Å². The molecule has 1 heterocycles. The smallest absolute Gasteiger partial charge is 0.224 e. The first-order valence-electron chi connectivity index (χ1n) is 10.4. The Morgan fingerprint density at radius 1 is 1.09 bits per heavy atom. The van der Waals surface area contributed by atoms with E-state index in [9.17, 15) is 21.6 Å². The second-order valence-electron chi connectivity index (χ2n) is 8.27. The summed E-state index contributed by atoms with van der Waals surface area (Å²) in [6.07, 6.45) is 2.30. The van der Waals surface area contributed by atoms with Gasteiger partial charge in [-0.1, -0.05) is 41.4 Å². The molecule has 11 heteroatoms. The second kappa shape index (κ2) is 10.3. The van der Waals surface area contributed by atoms with Crippen molar-refractivity contribution in [3.63, 3.8) is 0 Å². The third-order valence-corrected chi connectivity index (χ3v) is 9.33. The van der Waals surface area contributed by atoms with Crippen molar-refractivity contribution < 1.29 is 21.6 Å². The highest BCUT2D eigenvalue weighted by Gasteiger charge is 2.33. The number of piperidine rings is 1. The van der Waals surface area contributed by atoms with Crippen LogP contribution >= 0.6 is 23.2 Å². The zero-order valence-corrected chi connectivity index (χ0v) is 21.4. The average Bonchev–Trinajstić information content (AvgIpc) is 2.75. The minimum atomic E-state index is -3.64. The molecule has 2 aromatic rings. The Bertz CT molecular complexity index is 1230. The number of rotatable bonds is 7. The molecule has 1 fully saturated rings. The summed E-state index contributed by atoms with van der Waals surface area (Å²) in [4.78, 5) is 13.1. The molecule has 0 aromatic heterocycles. The van der Waals surface area contributed by atoms with Crippen LogP contribution in [-0.4, -0.2) is 46.4 Å². The quantitative estimate of drug-likeness (QED) is 0.584. The summed E-state index contributed by atoms with van der Waals surface area (Å²) in [7, 11) is -6.93. The van der Waals surface area contributed by atoms with Crippen molar-refractivity contribution in [3.8, 4) is 0 Å². The lowest BCUT2D eigenvalue weighted by molar-refractivity contribution is -0.126. The summed E-state index contributed by atoms with van der Waals surface area (Å²) in [6.45, 7) is 2.26. The Morgan fingerprint density at radius 3 is 2.36 bits per heavy atom. The summed E-state index contributed by atoms with van der Waals surface area (Å²) >= 11 is 11.9. The van der Waals surface area contributed by atoms with Crippen molar-refractivity contribution >= 4 is 49.0 Å². The van der Waals surface area contributed by atoms with E-state index in [1.807, 2.05) is 0 Å². The summed E-state index contributed by atoms with van der Waals surface area (Å²) in [6, 6.07) is 10.7. The molecule has 0 saturated carbocycles. The molecular formula is C22H26Cl2N2O5S2. The van der Waals surface area contributed by atoms with Crippen LogP contribution in [-0.2, 0) is 30.4 Å². The van der Waals surface area contributed by atoms with Gasteiger partial charge >= 0.3 is 0 Å². The van der Waals surface area contributed by atoms with Gasteiger partial charge in [-0.2, -0.15) is 0 Å². The predicted octanol–water partition coefficient (Wildman–Crippen LogP) is 3.82. The molecule has 180 valence electrons. The van der Waals surface area contributed by atoms with Gasteiger partial charge < -0.3 is 5.32 Å². The number of sulfone groups is 1. The number of benzene rings is 2. The van der Waals surface area contributed by atoms with E-state index in [2.05, 4.69) is 5.32 Å². The maximum atomic E-state index is 12.9. The number of hydrogen-bond acceptors (Lipinski definition) is 5. The fourth-order valence-corrected chi connectivity index (χ4v) is 6.31. The van der Waals surface area contributed by atoms with Gasteiger partial charge in [-0.15, -0.1) is 0 Å². The van der Waals surface area contributed by atoms with Crippen LogP contribution in [0.4, 0.5) is 0 Å². The van der Waals surface area contributed by atoms with Crippen molar-refractivity contribution in [1.82, 2.24) is 9.62 Å². The van der Waals surface area contributed by atoms with E-state index in [0.29, 0.717) is 35.0 Å². The minimum Gasteiger partial charge on any atom is -0.349 e. The van der Waals surface area contributed by atoms with Crippen LogP contribution < -0.4 is 5.32 Å². The first-order valence-corrected chi connectivity index (χ1v) is 14.6. The monoisotopic (exact) mass is 532 g/mol. The van der Waals surface area contributed by atoms with Gasteiger partial charge in [-0.25, -0.2) is 21.1 Å². The molecule has 1 N–H and O–H groups in total. The normalized spacial score (nSPS) is 18.6. The molecule has 1 saturated heterocycles. The van der Waals surface area contributed by atoms with Crippen molar-refractivity contribution in [2.24, 2.45) is 5.92 Å². The molecule has 0 bridgehead atoms. The van der Waals surface area contributed by atoms with Gasteiger partial charge in [0.15, 0.2) is 9.84 Å². The highest BCUT2D eigenvalue weighted by molar-refractivity contribution is 7.90. The van der Waals surface area contributed by atoms with Crippen LogP contribution in [0, 0.1) is 5.92 Å². The molecule has 3 rings (SSSR count). The molecule has 33 heavy (non-hydrogen) atoms. The summed E-state index contributed by atoms with van der Waals surface area (Å²) < 4.78 is 50.5. The molecule has 1 amide bonds. The topological polar surface area (TPSA) is 101 Å². The van der Waals surface area contributed by atoms with E-state index in [4.69, 9.17) is 23.2 Å². The maximum Gasteiger partial charge on any atom is 0.224 e. The Balaban J connectivity index is 1.64. The Morgan fingerprint density at radius 2 is 1.76 bits per heavy atom. The lowest BCUT2D eigenvalue weighted by Gasteiger charge is -2.32. The van der Waals surface area contributed by atoms with E-state index in [1.165, 1.54) is 22.5 Å². The van der Waals surface area contributed by atoms with Crippen LogP contribution in [0.1, 0.15) is 36.9 Å². The highest BCUT2D eigenvalue weighted by atomic mass is 35.5. The molecular weight excluding hydrogens is 507 g/mol. The second-order valence-corrected chi connectivity index (χ2v) is 13.1. The van der Waals surface area contributed by atoms with Crippen molar-refractivity contribution in [3.05, 3.63) is 63.6 Å². The molecule has 0 radical (unpaired) electrons. The molecule has 0 unspecified atom stereocenters. The van der Waals surface area contributed by atoms with E-state index >= 15 is 0 Å². The summed E-state index contributed by atoms with van der Waals surface area (Å²) in [5.41, 5.74) is 1.29. The van der Waals surface area contributed by atoms with Gasteiger partial charge in [0.2, 0.25) is 15.9 Å². The number of amides is 1. The SMILES string of the molecule is C[C@H](NC(=O)[C@@H]1CCCN(S(=O)(=O)Cc2ccc(Cl)c(Cl)c2)C1)c1ccc(S(C)(=O)=O)cc1. The van der Waals surface area contributed by atoms with E-state index in [0.717, 1.165) is 11.8 Å². The van der Waals surface area contributed by atoms with Gasteiger partial charge in [0.25, 0.3) is 0 Å². The molecule has 0 aliphatic carbocycles. The molecule has 7 nitrogen and oxygen atoms in total. The Labute approximate surface area is 205 Å².